The largest absolute Gasteiger partial charge is 0.497 e. The summed E-state index contributed by atoms with van der Waals surface area (Å²) in [4.78, 5) is 27.7. The molecule has 10 heteroatoms. The Balaban J connectivity index is 2.41. The molecule has 186 valence electrons. The molecule has 2 rings (SSSR count). The van der Waals surface area contributed by atoms with E-state index >= 15 is 0 Å². The van der Waals surface area contributed by atoms with Crippen molar-refractivity contribution in [2.45, 2.75) is 45.8 Å². The van der Waals surface area contributed by atoms with Gasteiger partial charge in [0.1, 0.15) is 18.3 Å². The van der Waals surface area contributed by atoms with Gasteiger partial charge in [-0.25, -0.2) is 8.42 Å². The third kappa shape index (κ3) is 7.36. The van der Waals surface area contributed by atoms with Crippen LogP contribution in [0.3, 0.4) is 0 Å². The number of nitrogens with zero attached hydrogens (tertiary/aromatic N) is 2. The first kappa shape index (κ1) is 27.5. The van der Waals surface area contributed by atoms with Gasteiger partial charge >= 0.3 is 0 Å². The lowest BCUT2D eigenvalue weighted by Crippen LogP contribution is -2.52. The zero-order valence-corrected chi connectivity index (χ0v) is 21.7. The van der Waals surface area contributed by atoms with Crippen LogP contribution in [0.15, 0.2) is 48.5 Å². The number of ether oxygens (including phenoxy) is 1. The summed E-state index contributed by atoms with van der Waals surface area (Å²) in [6, 6.07) is 12.5. The van der Waals surface area contributed by atoms with Crippen LogP contribution in [0.5, 0.6) is 5.75 Å². The summed E-state index contributed by atoms with van der Waals surface area (Å²) in [6.45, 7) is 4.99. The van der Waals surface area contributed by atoms with Crippen molar-refractivity contribution in [1.29, 1.82) is 0 Å². The van der Waals surface area contributed by atoms with Crippen LogP contribution in [-0.2, 0) is 26.2 Å². The fourth-order valence-electron chi connectivity index (χ4n) is 3.24. The van der Waals surface area contributed by atoms with Crippen molar-refractivity contribution in [1.82, 2.24) is 10.2 Å². The van der Waals surface area contributed by atoms with Crippen LogP contribution < -0.4 is 14.4 Å². The fourth-order valence-corrected chi connectivity index (χ4v) is 4.27. The van der Waals surface area contributed by atoms with Crippen molar-refractivity contribution in [3.8, 4) is 5.75 Å². The van der Waals surface area contributed by atoms with E-state index in [0.717, 1.165) is 17.0 Å². The molecule has 0 bridgehead atoms. The number of carbonyl (C=O) groups is 2. The second kappa shape index (κ2) is 12.1. The Morgan fingerprint density at radius 2 is 1.79 bits per heavy atom. The van der Waals surface area contributed by atoms with Crippen molar-refractivity contribution in [2.75, 3.05) is 24.2 Å². The third-order valence-corrected chi connectivity index (χ3v) is 7.00. The quantitative estimate of drug-likeness (QED) is 0.500. The molecule has 2 amide bonds. The molecular formula is C24H32ClN3O5S. The van der Waals surface area contributed by atoms with Crippen LogP contribution in [0.1, 0.15) is 32.8 Å². The molecule has 2 aromatic carbocycles. The number of hydrogen-bond donors (Lipinski definition) is 1. The molecule has 0 radical (unpaired) electrons. The van der Waals surface area contributed by atoms with E-state index in [0.29, 0.717) is 16.3 Å². The van der Waals surface area contributed by atoms with Gasteiger partial charge in [-0.3, -0.25) is 13.9 Å². The second-order valence-corrected chi connectivity index (χ2v) is 10.4. The molecule has 0 aliphatic heterocycles. The minimum atomic E-state index is -3.82. The van der Waals surface area contributed by atoms with Gasteiger partial charge in [0.15, 0.2) is 0 Å². The van der Waals surface area contributed by atoms with E-state index in [4.69, 9.17) is 16.3 Å². The zero-order chi connectivity index (χ0) is 25.5. The molecule has 0 aromatic heterocycles. The van der Waals surface area contributed by atoms with E-state index in [1.807, 2.05) is 13.8 Å². The molecule has 0 fully saturated rings. The highest BCUT2D eigenvalue weighted by atomic mass is 35.5. The fraction of sp³-hybridized carbons (Fsp3) is 0.417. The summed E-state index contributed by atoms with van der Waals surface area (Å²) in [7, 11) is -2.35. The van der Waals surface area contributed by atoms with Gasteiger partial charge in [0, 0.05) is 23.7 Å². The lowest BCUT2D eigenvalue weighted by molar-refractivity contribution is -0.139. The third-order valence-electron chi connectivity index (χ3n) is 5.49. The van der Waals surface area contributed by atoms with Gasteiger partial charge in [-0.15, -0.1) is 0 Å². The van der Waals surface area contributed by atoms with Crippen LogP contribution in [0.4, 0.5) is 5.69 Å². The predicted octanol–water partition coefficient (Wildman–Crippen LogP) is 3.45. The van der Waals surface area contributed by atoms with Crippen molar-refractivity contribution < 1.29 is 22.7 Å². The Kier molecular flexibility index (Phi) is 9.76. The minimum Gasteiger partial charge on any atom is -0.497 e. The van der Waals surface area contributed by atoms with Gasteiger partial charge in [-0.2, -0.15) is 0 Å². The summed E-state index contributed by atoms with van der Waals surface area (Å²) in [6.07, 6.45) is 1.76. The molecule has 0 heterocycles. The van der Waals surface area contributed by atoms with Gasteiger partial charge in [-0.05, 0) is 44.0 Å². The number of anilines is 1. The van der Waals surface area contributed by atoms with Gasteiger partial charge in [0.05, 0.1) is 19.1 Å². The maximum absolute atomic E-state index is 13.5. The Morgan fingerprint density at radius 3 is 2.38 bits per heavy atom. The van der Waals surface area contributed by atoms with Crippen LogP contribution >= 0.6 is 11.6 Å². The molecule has 0 spiro atoms. The standard InChI is InChI=1S/C24H32ClN3O5S/c1-6-17(2)26-24(30)18(3)27(15-19-10-7-8-13-22(19)25)23(29)16-28(34(5,31)32)20-11-9-12-21(14-20)33-4/h7-14,17-18H,6,15-16H2,1-5H3,(H,26,30)/t17-,18-/m1/s1. The highest BCUT2D eigenvalue weighted by Gasteiger charge is 2.30. The van der Waals surface area contributed by atoms with E-state index in [-0.39, 0.29) is 24.2 Å². The lowest BCUT2D eigenvalue weighted by atomic mass is 10.1. The minimum absolute atomic E-state index is 0.0450. The molecule has 0 aliphatic rings. The van der Waals surface area contributed by atoms with Crippen molar-refractivity contribution in [3.63, 3.8) is 0 Å². The number of methoxy groups -OCH3 is 1. The Bertz CT molecular complexity index is 1110. The Morgan fingerprint density at radius 1 is 1.12 bits per heavy atom. The molecule has 0 aliphatic carbocycles. The Labute approximate surface area is 206 Å². The van der Waals surface area contributed by atoms with E-state index < -0.39 is 28.5 Å². The second-order valence-electron chi connectivity index (χ2n) is 8.08. The van der Waals surface area contributed by atoms with Crippen molar-refractivity contribution in [3.05, 3.63) is 59.1 Å². The SMILES string of the molecule is CC[C@@H](C)NC(=O)[C@@H](C)N(Cc1ccccc1Cl)C(=O)CN(c1cccc(OC)c1)S(C)(=O)=O. The average molecular weight is 510 g/mol. The average Bonchev–Trinajstić information content (AvgIpc) is 2.80. The normalized spacial score (nSPS) is 13.0. The van der Waals surface area contributed by atoms with Gasteiger partial charge in [0.25, 0.3) is 0 Å². The maximum atomic E-state index is 13.5. The predicted molar refractivity (Wildman–Crippen MR) is 135 cm³/mol. The van der Waals surface area contributed by atoms with Crippen LogP contribution in [0, 0.1) is 0 Å². The number of carbonyl (C=O) groups excluding carboxylic acids is 2. The van der Waals surface area contributed by atoms with Gasteiger partial charge < -0.3 is 15.0 Å². The number of amides is 2. The van der Waals surface area contributed by atoms with Crippen LogP contribution in [0.25, 0.3) is 0 Å². The lowest BCUT2D eigenvalue weighted by Gasteiger charge is -2.32. The highest BCUT2D eigenvalue weighted by Crippen LogP contribution is 2.24. The molecule has 2 atom stereocenters. The molecule has 34 heavy (non-hydrogen) atoms. The van der Waals surface area contributed by atoms with Gasteiger partial charge in [-0.1, -0.05) is 42.8 Å². The molecule has 1 N–H and O–H groups in total. The maximum Gasteiger partial charge on any atom is 0.244 e. The molecule has 0 saturated carbocycles. The van der Waals surface area contributed by atoms with Crippen molar-refractivity contribution in [2.24, 2.45) is 0 Å². The monoisotopic (exact) mass is 509 g/mol. The molecule has 2 aromatic rings. The molecule has 0 unspecified atom stereocenters. The number of hydrogen-bond acceptors (Lipinski definition) is 5. The smallest absolute Gasteiger partial charge is 0.244 e. The topological polar surface area (TPSA) is 96.0 Å². The summed E-state index contributed by atoms with van der Waals surface area (Å²) < 4.78 is 31.4. The first-order valence-corrected chi connectivity index (χ1v) is 13.2. The summed E-state index contributed by atoms with van der Waals surface area (Å²) in [5.74, 6) is -0.421. The summed E-state index contributed by atoms with van der Waals surface area (Å²) >= 11 is 6.31. The van der Waals surface area contributed by atoms with E-state index in [9.17, 15) is 18.0 Å². The Hall–Kier alpha value is -2.78. The first-order valence-electron chi connectivity index (χ1n) is 10.9. The number of sulfonamides is 1. The number of rotatable bonds is 11. The molecule has 8 nitrogen and oxygen atoms in total. The number of halogens is 1. The molecular weight excluding hydrogens is 478 g/mol. The van der Waals surface area contributed by atoms with Crippen LogP contribution in [0.2, 0.25) is 5.02 Å². The van der Waals surface area contributed by atoms with Crippen molar-refractivity contribution >= 4 is 39.1 Å². The first-order chi connectivity index (χ1) is 16.0. The van der Waals surface area contributed by atoms with E-state index in [1.54, 1.807) is 49.4 Å². The number of nitrogens with one attached hydrogen (secondary N) is 1. The summed E-state index contributed by atoms with van der Waals surface area (Å²) in [5, 5.41) is 3.33. The van der Waals surface area contributed by atoms with Crippen LogP contribution in [-0.4, -0.2) is 57.1 Å². The number of benzene rings is 2. The molecule has 0 saturated heterocycles. The summed E-state index contributed by atoms with van der Waals surface area (Å²) in [5.41, 5.74) is 0.928. The van der Waals surface area contributed by atoms with E-state index in [1.165, 1.54) is 18.1 Å². The van der Waals surface area contributed by atoms with E-state index in [2.05, 4.69) is 5.32 Å². The van der Waals surface area contributed by atoms with Gasteiger partial charge in [0.2, 0.25) is 21.8 Å². The zero-order valence-electron chi connectivity index (χ0n) is 20.1. The highest BCUT2D eigenvalue weighted by molar-refractivity contribution is 7.92.